The fourth-order valence-electron chi connectivity index (χ4n) is 3.30. The van der Waals surface area contributed by atoms with Crippen molar-refractivity contribution in [3.8, 4) is 11.8 Å². The largest absolute Gasteiger partial charge is 0.378 e. The molecule has 0 N–H and O–H groups in total. The summed E-state index contributed by atoms with van der Waals surface area (Å²) >= 11 is 5.98. The number of urea groups is 1. The monoisotopic (exact) mass is 359 g/mol. The highest BCUT2D eigenvalue weighted by Crippen LogP contribution is 2.32. The van der Waals surface area contributed by atoms with E-state index in [1.54, 1.807) is 4.90 Å². The van der Waals surface area contributed by atoms with E-state index in [-0.39, 0.29) is 18.2 Å². The number of ether oxygens (including phenoxy) is 1. The number of halogens is 1. The molecule has 2 fully saturated rings. The summed E-state index contributed by atoms with van der Waals surface area (Å²) in [7, 11) is 0. The molecular formula is C18H18ClN3O3. The summed E-state index contributed by atoms with van der Waals surface area (Å²) in [4.78, 5) is 21.8. The van der Waals surface area contributed by atoms with Gasteiger partial charge in [-0.05, 0) is 30.5 Å². The molecule has 6 nitrogen and oxygen atoms in total. The van der Waals surface area contributed by atoms with Crippen LogP contribution in [0.5, 0.6) is 0 Å². The minimum Gasteiger partial charge on any atom is -0.378 e. The average molecular weight is 360 g/mol. The number of nitrogens with zero attached hydrogens (tertiary/aromatic N) is 3. The molecule has 0 spiro atoms. The second-order valence-corrected chi connectivity index (χ2v) is 6.64. The third kappa shape index (κ3) is 3.30. The van der Waals surface area contributed by atoms with Gasteiger partial charge in [-0.3, -0.25) is 4.90 Å². The van der Waals surface area contributed by atoms with E-state index in [0.717, 1.165) is 12.0 Å². The molecule has 1 aromatic carbocycles. The van der Waals surface area contributed by atoms with Crippen LogP contribution in [0, 0.1) is 17.8 Å². The predicted octanol–water partition coefficient (Wildman–Crippen LogP) is 2.18. The van der Waals surface area contributed by atoms with E-state index in [1.165, 1.54) is 0 Å². The minimum absolute atomic E-state index is 0.00458. The molecule has 0 aromatic heterocycles. The highest BCUT2D eigenvalue weighted by molar-refractivity contribution is 6.30. The highest BCUT2D eigenvalue weighted by atomic mass is 35.5. The molecule has 7 heteroatoms. The fraction of sp³-hybridized carbons (Fsp3) is 0.444. The number of rotatable bonds is 0. The molecule has 25 heavy (non-hydrogen) atoms. The first kappa shape index (κ1) is 16.2. The number of carbonyl (C=O) groups excluding carboxylic acids is 1. The van der Waals surface area contributed by atoms with E-state index in [4.69, 9.17) is 21.2 Å². The van der Waals surface area contributed by atoms with E-state index in [1.807, 2.05) is 29.2 Å². The van der Waals surface area contributed by atoms with Crippen LogP contribution in [0.3, 0.4) is 0 Å². The van der Waals surface area contributed by atoms with Crippen molar-refractivity contribution in [2.24, 2.45) is 11.1 Å². The minimum atomic E-state index is -0.348. The van der Waals surface area contributed by atoms with Gasteiger partial charge in [-0.2, -0.15) is 0 Å². The molecule has 2 unspecified atom stereocenters. The molecule has 2 saturated heterocycles. The first-order valence-corrected chi connectivity index (χ1v) is 8.75. The first-order chi connectivity index (χ1) is 12.2. The van der Waals surface area contributed by atoms with Gasteiger partial charge in [0, 0.05) is 30.2 Å². The van der Waals surface area contributed by atoms with Crippen LogP contribution < -0.4 is 0 Å². The van der Waals surface area contributed by atoms with Crippen molar-refractivity contribution in [2.45, 2.75) is 12.6 Å². The van der Waals surface area contributed by atoms with Crippen molar-refractivity contribution < 1.29 is 14.4 Å². The number of hydrogen-bond donors (Lipinski definition) is 0. The third-order valence-electron chi connectivity index (χ3n) is 4.63. The quantitative estimate of drug-likeness (QED) is 0.667. The zero-order chi connectivity index (χ0) is 17.2. The van der Waals surface area contributed by atoms with Crippen LogP contribution in [0.4, 0.5) is 4.79 Å². The Bertz CT molecular complexity index is 764. The van der Waals surface area contributed by atoms with Gasteiger partial charge in [0.25, 0.3) is 0 Å². The number of morpholine rings is 1. The van der Waals surface area contributed by atoms with Crippen molar-refractivity contribution in [3.05, 3.63) is 34.9 Å². The Kier molecular flexibility index (Phi) is 4.51. The molecule has 2 amide bonds. The van der Waals surface area contributed by atoms with Crippen molar-refractivity contribution in [1.29, 1.82) is 0 Å². The molecule has 0 bridgehead atoms. The maximum absolute atomic E-state index is 12.7. The number of fused-ring (bicyclic) bond motifs is 1. The Morgan fingerprint density at radius 2 is 2.08 bits per heavy atom. The van der Waals surface area contributed by atoms with Crippen LogP contribution >= 0.6 is 11.6 Å². The molecule has 4 rings (SSSR count). The summed E-state index contributed by atoms with van der Waals surface area (Å²) in [6.07, 6.45) is 0.461. The van der Waals surface area contributed by atoms with Gasteiger partial charge in [-0.25, -0.2) is 4.79 Å². The van der Waals surface area contributed by atoms with Gasteiger partial charge in [0.1, 0.15) is 5.71 Å². The topological polar surface area (TPSA) is 54.4 Å². The molecule has 130 valence electrons. The lowest BCUT2D eigenvalue weighted by atomic mass is 10.0. The maximum atomic E-state index is 12.7. The number of oxime groups is 1. The van der Waals surface area contributed by atoms with Crippen LogP contribution in [0.25, 0.3) is 0 Å². The summed E-state index contributed by atoms with van der Waals surface area (Å²) in [5.74, 6) is 6.19. The van der Waals surface area contributed by atoms with Gasteiger partial charge in [-0.1, -0.05) is 28.7 Å². The highest BCUT2D eigenvalue weighted by Gasteiger charge is 2.46. The number of likely N-dealkylation sites (tertiary alicyclic amines) is 1. The van der Waals surface area contributed by atoms with Gasteiger partial charge in [0.2, 0.25) is 6.23 Å². The first-order valence-electron chi connectivity index (χ1n) is 8.37. The lowest BCUT2D eigenvalue weighted by Crippen LogP contribution is -2.50. The van der Waals surface area contributed by atoms with Crippen LogP contribution in [-0.2, 0) is 9.57 Å². The lowest BCUT2D eigenvalue weighted by Gasteiger charge is -2.32. The Labute approximate surface area is 151 Å². The van der Waals surface area contributed by atoms with E-state index in [2.05, 4.69) is 17.0 Å². The molecule has 3 aliphatic heterocycles. The average Bonchev–Trinajstić information content (AvgIpc) is 3.22. The van der Waals surface area contributed by atoms with Gasteiger partial charge in [0.05, 0.1) is 19.1 Å². The number of carbonyl (C=O) groups is 1. The standard InChI is InChI=1S/C18H18ClN3O3/c19-14-3-1-2-13(12-14)4-5-16-15-6-7-22(17(15)25-20-16)18(23)21-8-10-24-11-9-21/h1-3,12,15,17H,6-11H2. The molecule has 0 radical (unpaired) electrons. The molecule has 2 atom stereocenters. The molecule has 3 heterocycles. The summed E-state index contributed by atoms with van der Waals surface area (Å²) in [6, 6.07) is 7.38. The van der Waals surface area contributed by atoms with Gasteiger partial charge < -0.3 is 14.5 Å². The van der Waals surface area contributed by atoms with E-state index in [9.17, 15) is 4.79 Å². The normalized spacial score (nSPS) is 24.9. The summed E-state index contributed by atoms with van der Waals surface area (Å²) in [5.41, 5.74) is 1.53. The van der Waals surface area contributed by atoms with E-state index in [0.29, 0.717) is 43.6 Å². The van der Waals surface area contributed by atoms with Crippen LogP contribution in [0.1, 0.15) is 12.0 Å². The Balaban J connectivity index is 1.44. The van der Waals surface area contributed by atoms with Crippen LogP contribution in [-0.4, -0.2) is 60.6 Å². The fourth-order valence-corrected chi connectivity index (χ4v) is 3.49. The lowest BCUT2D eigenvalue weighted by molar-refractivity contribution is -0.0226. The molecular weight excluding hydrogens is 342 g/mol. The molecule has 0 saturated carbocycles. The van der Waals surface area contributed by atoms with Crippen LogP contribution in [0.15, 0.2) is 29.4 Å². The number of benzene rings is 1. The Morgan fingerprint density at radius 3 is 2.88 bits per heavy atom. The van der Waals surface area contributed by atoms with E-state index >= 15 is 0 Å². The molecule has 3 aliphatic rings. The smallest absolute Gasteiger partial charge is 0.323 e. The Morgan fingerprint density at radius 1 is 1.24 bits per heavy atom. The van der Waals surface area contributed by atoms with Gasteiger partial charge in [0.15, 0.2) is 0 Å². The summed E-state index contributed by atoms with van der Waals surface area (Å²) in [5, 5.41) is 4.76. The SMILES string of the molecule is O=C(N1CCOCC1)N1CCC2C(C#Cc3cccc(Cl)c3)=NOC21. The van der Waals surface area contributed by atoms with E-state index < -0.39 is 0 Å². The summed E-state index contributed by atoms with van der Waals surface area (Å²) in [6.45, 7) is 3.07. The second kappa shape index (κ2) is 6.95. The van der Waals surface area contributed by atoms with Crippen molar-refractivity contribution in [2.75, 3.05) is 32.8 Å². The number of hydrogen-bond acceptors (Lipinski definition) is 4. The Hall–Kier alpha value is -2.23. The van der Waals surface area contributed by atoms with Crippen molar-refractivity contribution in [1.82, 2.24) is 9.80 Å². The second-order valence-electron chi connectivity index (χ2n) is 6.20. The third-order valence-corrected chi connectivity index (χ3v) is 4.86. The summed E-state index contributed by atoms with van der Waals surface area (Å²) < 4.78 is 5.30. The zero-order valence-corrected chi connectivity index (χ0v) is 14.4. The van der Waals surface area contributed by atoms with Crippen LogP contribution in [0.2, 0.25) is 5.02 Å². The maximum Gasteiger partial charge on any atom is 0.323 e. The van der Waals surface area contributed by atoms with Gasteiger partial charge in [-0.15, -0.1) is 0 Å². The van der Waals surface area contributed by atoms with Crippen molar-refractivity contribution in [3.63, 3.8) is 0 Å². The van der Waals surface area contributed by atoms with Gasteiger partial charge >= 0.3 is 6.03 Å². The van der Waals surface area contributed by atoms with Crippen molar-refractivity contribution >= 4 is 23.3 Å². The molecule has 0 aliphatic carbocycles. The zero-order valence-electron chi connectivity index (χ0n) is 13.7. The predicted molar refractivity (Wildman–Crippen MR) is 93.2 cm³/mol. The number of amides is 2. The molecule has 1 aromatic rings.